The molecule has 0 heterocycles. The third kappa shape index (κ3) is 3.09. The molecule has 0 aromatic heterocycles. The van der Waals surface area contributed by atoms with Crippen LogP contribution in [-0.2, 0) is 6.42 Å². The summed E-state index contributed by atoms with van der Waals surface area (Å²) in [6.45, 7) is 0.843. The summed E-state index contributed by atoms with van der Waals surface area (Å²) in [5.74, 6) is -0.185. The van der Waals surface area contributed by atoms with Gasteiger partial charge in [-0.15, -0.1) is 0 Å². The molecule has 0 amide bonds. The van der Waals surface area contributed by atoms with E-state index in [1.165, 1.54) is 12.1 Å². The van der Waals surface area contributed by atoms with Gasteiger partial charge in [0.1, 0.15) is 5.82 Å². The van der Waals surface area contributed by atoms with Gasteiger partial charge in [-0.05, 0) is 42.3 Å². The van der Waals surface area contributed by atoms with Crippen LogP contribution in [0.1, 0.15) is 5.56 Å². The van der Waals surface area contributed by atoms with Crippen molar-refractivity contribution in [2.24, 2.45) is 0 Å². The van der Waals surface area contributed by atoms with Crippen LogP contribution in [0, 0.1) is 11.9 Å². The van der Waals surface area contributed by atoms with E-state index in [-0.39, 0.29) is 5.82 Å². The number of hydrogen-bond acceptors (Lipinski definition) is 1. The molecule has 2 heteroatoms. The first-order valence-corrected chi connectivity index (χ1v) is 5.29. The fourth-order valence-electron chi connectivity index (χ4n) is 1.51. The highest BCUT2D eigenvalue weighted by atomic mass is 19.1. The van der Waals surface area contributed by atoms with E-state index in [1.54, 1.807) is 0 Å². The maximum absolute atomic E-state index is 12.7. The van der Waals surface area contributed by atoms with Crippen molar-refractivity contribution >= 4 is 5.69 Å². The molecule has 0 atom stereocenters. The van der Waals surface area contributed by atoms with E-state index in [9.17, 15) is 4.39 Å². The van der Waals surface area contributed by atoms with E-state index in [0.717, 1.165) is 24.2 Å². The molecule has 0 saturated carbocycles. The summed E-state index contributed by atoms with van der Waals surface area (Å²) in [5, 5.41) is 3.29. The molecule has 1 radical (unpaired) electrons. The minimum Gasteiger partial charge on any atom is -0.385 e. The zero-order valence-corrected chi connectivity index (χ0v) is 8.91. The van der Waals surface area contributed by atoms with E-state index in [2.05, 4.69) is 11.4 Å². The predicted molar refractivity (Wildman–Crippen MR) is 63.9 cm³/mol. The number of halogens is 1. The first-order chi connectivity index (χ1) is 7.84. The van der Waals surface area contributed by atoms with Crippen LogP contribution in [0.15, 0.2) is 48.5 Å². The molecule has 0 fully saturated rings. The van der Waals surface area contributed by atoms with Gasteiger partial charge in [0.15, 0.2) is 0 Å². The van der Waals surface area contributed by atoms with Crippen LogP contribution in [0.5, 0.6) is 0 Å². The fourth-order valence-corrected chi connectivity index (χ4v) is 1.51. The van der Waals surface area contributed by atoms with Crippen molar-refractivity contribution < 1.29 is 4.39 Å². The largest absolute Gasteiger partial charge is 0.385 e. The van der Waals surface area contributed by atoms with Gasteiger partial charge in [0.25, 0.3) is 0 Å². The Kier molecular flexibility index (Phi) is 3.54. The number of nitrogens with one attached hydrogen (secondary N) is 1. The van der Waals surface area contributed by atoms with Gasteiger partial charge < -0.3 is 5.32 Å². The average molecular weight is 214 g/mol. The van der Waals surface area contributed by atoms with E-state index >= 15 is 0 Å². The Bertz CT molecular complexity index is 422. The highest BCUT2D eigenvalue weighted by molar-refractivity contribution is 5.42. The smallest absolute Gasteiger partial charge is 0.123 e. The van der Waals surface area contributed by atoms with E-state index < -0.39 is 0 Å². The Balaban J connectivity index is 1.82. The summed E-state index contributed by atoms with van der Waals surface area (Å²) >= 11 is 0. The fraction of sp³-hybridized carbons (Fsp3) is 0.143. The second-order valence-corrected chi connectivity index (χ2v) is 3.59. The lowest BCUT2D eigenvalue weighted by atomic mass is 10.1. The molecular weight excluding hydrogens is 201 g/mol. The Hall–Kier alpha value is -1.83. The van der Waals surface area contributed by atoms with E-state index in [0.29, 0.717) is 0 Å². The summed E-state index contributed by atoms with van der Waals surface area (Å²) < 4.78 is 12.7. The summed E-state index contributed by atoms with van der Waals surface area (Å²) in [6, 6.07) is 17.3. The standard InChI is InChI=1S/C14H13FN/c15-13-8-6-12(7-9-13)10-11-16-14-4-2-1-3-5-14/h2-9,16H,10-11H2. The van der Waals surface area contributed by atoms with Crippen molar-refractivity contribution in [1.82, 2.24) is 0 Å². The first-order valence-electron chi connectivity index (χ1n) is 5.29. The van der Waals surface area contributed by atoms with Crippen LogP contribution in [0.3, 0.4) is 0 Å². The van der Waals surface area contributed by atoms with Crippen LogP contribution in [0.4, 0.5) is 10.1 Å². The quantitative estimate of drug-likeness (QED) is 0.823. The second kappa shape index (κ2) is 5.31. The topological polar surface area (TPSA) is 12.0 Å². The van der Waals surface area contributed by atoms with Gasteiger partial charge in [-0.3, -0.25) is 0 Å². The van der Waals surface area contributed by atoms with Crippen LogP contribution < -0.4 is 5.32 Å². The molecule has 1 nitrogen and oxygen atoms in total. The van der Waals surface area contributed by atoms with Gasteiger partial charge in [-0.2, -0.15) is 0 Å². The van der Waals surface area contributed by atoms with Crippen LogP contribution in [0.2, 0.25) is 0 Å². The third-order valence-electron chi connectivity index (χ3n) is 2.37. The number of anilines is 1. The van der Waals surface area contributed by atoms with Crippen molar-refractivity contribution in [2.75, 3.05) is 11.9 Å². The molecule has 2 aromatic carbocycles. The van der Waals surface area contributed by atoms with Crippen LogP contribution >= 0.6 is 0 Å². The monoisotopic (exact) mass is 214 g/mol. The van der Waals surface area contributed by atoms with E-state index in [4.69, 9.17) is 0 Å². The lowest BCUT2D eigenvalue weighted by Gasteiger charge is -2.05. The van der Waals surface area contributed by atoms with Gasteiger partial charge in [0.2, 0.25) is 0 Å². The Morgan fingerprint density at radius 2 is 1.69 bits per heavy atom. The van der Waals surface area contributed by atoms with E-state index in [1.807, 2.05) is 36.4 Å². The zero-order valence-electron chi connectivity index (χ0n) is 8.91. The molecule has 0 spiro atoms. The number of rotatable bonds is 4. The summed E-state index contributed by atoms with van der Waals surface area (Å²) in [7, 11) is 0. The molecule has 0 aliphatic rings. The van der Waals surface area contributed by atoms with Crippen molar-refractivity contribution in [2.45, 2.75) is 6.42 Å². The second-order valence-electron chi connectivity index (χ2n) is 3.59. The first kappa shape index (κ1) is 10.7. The predicted octanol–water partition coefficient (Wildman–Crippen LogP) is 3.28. The summed E-state index contributed by atoms with van der Waals surface area (Å²) in [5.41, 5.74) is 2.22. The van der Waals surface area contributed by atoms with Crippen molar-refractivity contribution in [3.63, 3.8) is 0 Å². The molecule has 1 N–H and O–H groups in total. The maximum atomic E-state index is 12.7. The van der Waals surface area contributed by atoms with Gasteiger partial charge in [0, 0.05) is 12.2 Å². The Labute approximate surface area is 94.9 Å². The lowest BCUT2D eigenvalue weighted by Crippen LogP contribution is -2.04. The van der Waals surface area contributed by atoms with Gasteiger partial charge >= 0.3 is 0 Å². The molecule has 0 aliphatic carbocycles. The van der Waals surface area contributed by atoms with Gasteiger partial charge in [-0.25, -0.2) is 4.39 Å². The number of benzene rings is 2. The van der Waals surface area contributed by atoms with Crippen LogP contribution in [-0.4, -0.2) is 6.54 Å². The Morgan fingerprint density at radius 1 is 1.00 bits per heavy atom. The maximum Gasteiger partial charge on any atom is 0.123 e. The van der Waals surface area contributed by atoms with Gasteiger partial charge in [0.05, 0.1) is 0 Å². The Morgan fingerprint density at radius 3 is 2.38 bits per heavy atom. The van der Waals surface area contributed by atoms with Crippen LogP contribution in [0.25, 0.3) is 0 Å². The minimum absolute atomic E-state index is 0.185. The molecule has 0 unspecified atom stereocenters. The molecule has 0 bridgehead atoms. The third-order valence-corrected chi connectivity index (χ3v) is 2.37. The van der Waals surface area contributed by atoms with Crippen molar-refractivity contribution in [3.05, 3.63) is 66.0 Å². The van der Waals surface area contributed by atoms with Gasteiger partial charge in [-0.1, -0.05) is 24.3 Å². The molecular formula is C14H13FN. The SMILES string of the molecule is Fc1ccc(CCNc2cc[c]cc2)cc1. The molecule has 16 heavy (non-hydrogen) atoms. The molecule has 2 aromatic rings. The molecule has 0 saturated heterocycles. The zero-order chi connectivity index (χ0) is 11.2. The lowest BCUT2D eigenvalue weighted by molar-refractivity contribution is 0.627. The average Bonchev–Trinajstić information content (AvgIpc) is 2.33. The highest BCUT2D eigenvalue weighted by Crippen LogP contribution is 2.06. The highest BCUT2D eigenvalue weighted by Gasteiger charge is 1.94. The van der Waals surface area contributed by atoms with Crippen molar-refractivity contribution in [1.29, 1.82) is 0 Å². The molecule has 2 rings (SSSR count). The molecule has 81 valence electrons. The van der Waals surface area contributed by atoms with Crippen molar-refractivity contribution in [3.8, 4) is 0 Å². The minimum atomic E-state index is -0.185. The molecule has 0 aliphatic heterocycles. The normalized spacial score (nSPS) is 10.1. The summed E-state index contributed by atoms with van der Waals surface area (Å²) in [4.78, 5) is 0. The summed E-state index contributed by atoms with van der Waals surface area (Å²) in [6.07, 6.45) is 0.888. The number of hydrogen-bond donors (Lipinski definition) is 1.